The van der Waals surface area contributed by atoms with Gasteiger partial charge in [-0.25, -0.2) is 4.39 Å². The normalized spacial score (nSPS) is 21.1. The lowest BCUT2D eigenvalue weighted by atomic mass is 9.99. The number of likely N-dealkylation sites (tertiary alicyclic amines) is 1. The molecule has 2 fully saturated rings. The van der Waals surface area contributed by atoms with Gasteiger partial charge in [-0.3, -0.25) is 9.69 Å². The predicted molar refractivity (Wildman–Crippen MR) is 162 cm³/mol. The fraction of sp³-hybridized carbons (Fsp3) is 0.469. The molecule has 0 unspecified atom stereocenters. The Morgan fingerprint density at radius 1 is 1.07 bits per heavy atom. The molecular formula is C32H39FN6O3. The molecule has 10 heteroatoms. The SMILES string of the molecule is C=C(F)C(=O)N1CCN(c2nc(OC[C@H]3C[C@@H](OC)CN3C)nc3c2CCN(c2cccc4cccc(C)c24)C3)CC1. The van der Waals surface area contributed by atoms with Gasteiger partial charge in [0.1, 0.15) is 12.4 Å². The molecule has 6 rings (SSSR count). The van der Waals surface area contributed by atoms with Crippen molar-refractivity contribution in [3.05, 3.63) is 65.6 Å². The molecule has 4 heterocycles. The number of rotatable bonds is 7. The Bertz CT molecular complexity index is 1490. The number of likely N-dealkylation sites (N-methyl/N-ethyl adjacent to an activating group) is 1. The summed E-state index contributed by atoms with van der Waals surface area (Å²) in [4.78, 5) is 30.4. The molecule has 2 saturated heterocycles. The molecule has 222 valence electrons. The molecule has 2 atom stereocenters. The van der Waals surface area contributed by atoms with Crippen molar-refractivity contribution < 1.29 is 18.7 Å². The number of carbonyl (C=O) groups is 1. The molecular weight excluding hydrogens is 535 g/mol. The van der Waals surface area contributed by atoms with E-state index in [1.165, 1.54) is 26.9 Å². The van der Waals surface area contributed by atoms with E-state index in [1.807, 2.05) is 0 Å². The molecule has 2 aromatic carbocycles. The number of aromatic nitrogens is 2. The summed E-state index contributed by atoms with van der Waals surface area (Å²) in [5.74, 6) is -0.709. The minimum absolute atomic E-state index is 0.195. The van der Waals surface area contributed by atoms with Crippen LogP contribution < -0.4 is 14.5 Å². The van der Waals surface area contributed by atoms with Gasteiger partial charge in [0.15, 0.2) is 5.83 Å². The zero-order valence-electron chi connectivity index (χ0n) is 24.7. The number of nitrogens with zero attached hydrogens (tertiary/aromatic N) is 6. The first kappa shape index (κ1) is 28.4. The summed E-state index contributed by atoms with van der Waals surface area (Å²) in [5.41, 5.74) is 4.52. The number of amides is 1. The van der Waals surface area contributed by atoms with Crippen LogP contribution in [-0.2, 0) is 22.5 Å². The zero-order chi connectivity index (χ0) is 29.4. The first-order valence-electron chi connectivity index (χ1n) is 14.7. The van der Waals surface area contributed by atoms with Crippen LogP contribution in [0.3, 0.4) is 0 Å². The van der Waals surface area contributed by atoms with Crippen LogP contribution in [0.4, 0.5) is 15.9 Å². The van der Waals surface area contributed by atoms with Crippen LogP contribution in [0.1, 0.15) is 23.2 Å². The lowest BCUT2D eigenvalue weighted by Gasteiger charge is -2.38. The van der Waals surface area contributed by atoms with E-state index >= 15 is 0 Å². The van der Waals surface area contributed by atoms with E-state index in [-0.39, 0.29) is 12.1 Å². The molecule has 1 aromatic heterocycles. The molecule has 3 aliphatic heterocycles. The quantitative estimate of drug-likeness (QED) is 0.396. The topological polar surface area (TPSA) is 74.3 Å². The van der Waals surface area contributed by atoms with Gasteiger partial charge < -0.3 is 24.2 Å². The fourth-order valence-corrected chi connectivity index (χ4v) is 6.55. The van der Waals surface area contributed by atoms with E-state index < -0.39 is 11.7 Å². The van der Waals surface area contributed by atoms with Crippen molar-refractivity contribution in [3.8, 4) is 6.01 Å². The van der Waals surface area contributed by atoms with Crippen LogP contribution >= 0.6 is 0 Å². The van der Waals surface area contributed by atoms with Gasteiger partial charge >= 0.3 is 6.01 Å². The third-order valence-electron chi connectivity index (χ3n) is 8.94. The molecule has 9 nitrogen and oxygen atoms in total. The number of piperazine rings is 1. The number of aryl methyl sites for hydroxylation is 1. The van der Waals surface area contributed by atoms with Gasteiger partial charge in [-0.1, -0.05) is 36.9 Å². The Balaban J connectivity index is 1.29. The number of methoxy groups -OCH3 is 1. The van der Waals surface area contributed by atoms with Gasteiger partial charge in [0, 0.05) is 69.1 Å². The number of fused-ring (bicyclic) bond motifs is 2. The van der Waals surface area contributed by atoms with E-state index in [4.69, 9.17) is 19.4 Å². The highest BCUT2D eigenvalue weighted by atomic mass is 19.1. The number of benzene rings is 2. The molecule has 0 bridgehead atoms. The standard InChI is InChI=1S/C32H39FN6O3/c1-21-7-5-8-23-9-6-10-28(29(21)23)39-12-11-26-27(19-39)34-32(42-20-24-17-25(41-4)18-36(24)3)35-30(26)37-13-15-38(16-14-37)31(40)22(2)33/h5-10,24-25H,2,11-20H2,1,3-4H3/t24-,25-/m1/s1. The van der Waals surface area contributed by atoms with E-state index in [9.17, 15) is 9.18 Å². The summed E-state index contributed by atoms with van der Waals surface area (Å²) in [7, 11) is 3.84. The van der Waals surface area contributed by atoms with Crippen molar-refractivity contribution in [2.45, 2.75) is 38.5 Å². The Kier molecular flexibility index (Phi) is 8.00. The smallest absolute Gasteiger partial charge is 0.318 e. The van der Waals surface area contributed by atoms with Gasteiger partial charge in [-0.05, 0) is 43.8 Å². The van der Waals surface area contributed by atoms with Crippen molar-refractivity contribution >= 4 is 28.2 Å². The Morgan fingerprint density at radius 2 is 1.83 bits per heavy atom. The number of hydrogen-bond acceptors (Lipinski definition) is 8. The summed E-state index contributed by atoms with van der Waals surface area (Å²) < 4.78 is 25.4. The highest BCUT2D eigenvalue weighted by Crippen LogP contribution is 2.35. The maximum Gasteiger partial charge on any atom is 0.318 e. The number of carbonyl (C=O) groups excluding carboxylic acids is 1. The monoisotopic (exact) mass is 574 g/mol. The number of anilines is 2. The van der Waals surface area contributed by atoms with Crippen molar-refractivity contribution in [1.29, 1.82) is 0 Å². The summed E-state index contributed by atoms with van der Waals surface area (Å²) in [6.07, 6.45) is 1.88. The van der Waals surface area contributed by atoms with Crippen LogP contribution in [0.5, 0.6) is 6.01 Å². The molecule has 0 aliphatic carbocycles. The number of halogens is 1. The van der Waals surface area contributed by atoms with E-state index in [2.05, 4.69) is 71.6 Å². The predicted octanol–water partition coefficient (Wildman–Crippen LogP) is 3.73. The Labute approximate surface area is 246 Å². The van der Waals surface area contributed by atoms with E-state index in [0.717, 1.165) is 43.0 Å². The summed E-state index contributed by atoms with van der Waals surface area (Å²) >= 11 is 0. The fourth-order valence-electron chi connectivity index (χ4n) is 6.55. The van der Waals surface area contributed by atoms with Crippen LogP contribution in [0.2, 0.25) is 0 Å². The summed E-state index contributed by atoms with van der Waals surface area (Å²) in [6, 6.07) is 13.5. The molecule has 0 spiro atoms. The first-order chi connectivity index (χ1) is 20.3. The highest BCUT2D eigenvalue weighted by molar-refractivity contribution is 5.97. The lowest BCUT2D eigenvalue weighted by Crippen LogP contribution is -2.49. The Morgan fingerprint density at radius 3 is 2.55 bits per heavy atom. The zero-order valence-corrected chi connectivity index (χ0v) is 24.7. The highest BCUT2D eigenvalue weighted by Gasteiger charge is 2.32. The molecule has 3 aliphatic rings. The van der Waals surface area contributed by atoms with E-state index in [1.54, 1.807) is 7.11 Å². The minimum Gasteiger partial charge on any atom is -0.462 e. The molecule has 1 amide bonds. The maximum absolute atomic E-state index is 13.5. The largest absolute Gasteiger partial charge is 0.462 e. The van der Waals surface area contributed by atoms with Crippen LogP contribution in [0.15, 0.2) is 48.8 Å². The van der Waals surface area contributed by atoms with Crippen LogP contribution in [0, 0.1) is 6.92 Å². The average molecular weight is 575 g/mol. The number of ether oxygens (including phenoxy) is 2. The van der Waals surface area contributed by atoms with Crippen molar-refractivity contribution in [2.75, 3.05) is 69.8 Å². The van der Waals surface area contributed by atoms with Crippen LogP contribution in [0.25, 0.3) is 10.8 Å². The molecule has 0 saturated carbocycles. The lowest BCUT2D eigenvalue weighted by molar-refractivity contribution is -0.128. The first-order valence-corrected chi connectivity index (χ1v) is 14.7. The second-order valence-corrected chi connectivity index (χ2v) is 11.6. The Hall–Kier alpha value is -3.76. The third-order valence-corrected chi connectivity index (χ3v) is 8.94. The van der Waals surface area contributed by atoms with Gasteiger partial charge in [0.25, 0.3) is 5.91 Å². The minimum atomic E-state index is -0.921. The van der Waals surface area contributed by atoms with Crippen LogP contribution in [-0.4, -0.2) is 97.9 Å². The number of hydrogen-bond donors (Lipinski definition) is 0. The molecule has 42 heavy (non-hydrogen) atoms. The van der Waals surface area contributed by atoms with Gasteiger partial charge in [-0.2, -0.15) is 9.97 Å². The maximum atomic E-state index is 13.5. The summed E-state index contributed by atoms with van der Waals surface area (Å²) in [6.45, 7) is 10.1. The second kappa shape index (κ2) is 11.9. The second-order valence-electron chi connectivity index (χ2n) is 11.6. The van der Waals surface area contributed by atoms with Crippen molar-refractivity contribution in [2.24, 2.45) is 0 Å². The van der Waals surface area contributed by atoms with Crippen molar-refractivity contribution in [3.63, 3.8) is 0 Å². The third kappa shape index (κ3) is 5.53. The molecule has 0 N–H and O–H groups in total. The summed E-state index contributed by atoms with van der Waals surface area (Å²) in [5, 5.41) is 2.49. The van der Waals surface area contributed by atoms with Gasteiger partial charge in [0.2, 0.25) is 0 Å². The molecule has 3 aromatic rings. The van der Waals surface area contributed by atoms with Crippen molar-refractivity contribution in [1.82, 2.24) is 19.8 Å². The van der Waals surface area contributed by atoms with E-state index in [0.29, 0.717) is 45.3 Å². The van der Waals surface area contributed by atoms with Gasteiger partial charge in [-0.15, -0.1) is 0 Å². The van der Waals surface area contributed by atoms with Gasteiger partial charge in [0.05, 0.1) is 18.3 Å². The molecule has 0 radical (unpaired) electrons. The average Bonchev–Trinajstić information content (AvgIpc) is 3.38.